The van der Waals surface area contributed by atoms with E-state index in [-0.39, 0.29) is 0 Å². The number of nitrogens with one attached hydrogen (secondary N) is 1. The summed E-state index contributed by atoms with van der Waals surface area (Å²) in [5.74, 6) is 0. The molecular weight excluding hydrogens is 274 g/mol. The van der Waals surface area contributed by atoms with Gasteiger partial charge in [0.2, 0.25) is 0 Å². The van der Waals surface area contributed by atoms with Crippen LogP contribution in [0.1, 0.15) is 24.4 Å². The number of hydrogen-bond acceptors (Lipinski definition) is 6. The molecule has 1 N–H and O–H groups in total. The lowest BCUT2D eigenvalue weighted by Crippen LogP contribution is -2.32. The number of methoxy groups -OCH3 is 2. The predicted octanol–water partition coefficient (Wildman–Crippen LogP) is 1.91. The fraction of sp³-hybridized carbons (Fsp3) is 0.786. The zero-order valence-corrected chi connectivity index (χ0v) is 14.0. The molecule has 1 unspecified atom stereocenters. The maximum atomic E-state index is 5.21. The van der Waals surface area contributed by atoms with Crippen molar-refractivity contribution in [3.63, 3.8) is 0 Å². The summed E-state index contributed by atoms with van der Waals surface area (Å²) in [6.45, 7) is 7.46. The zero-order valence-electron chi connectivity index (χ0n) is 13.2. The number of aryl methyl sites for hydroxylation is 1. The Morgan fingerprint density at radius 3 is 2.70 bits per heavy atom. The SMILES string of the molecule is CCc1nc(N(C)C(C)COC)sc1CNCCOC. The number of rotatable bonds is 10. The van der Waals surface area contributed by atoms with E-state index in [4.69, 9.17) is 14.5 Å². The Morgan fingerprint density at radius 2 is 2.10 bits per heavy atom. The summed E-state index contributed by atoms with van der Waals surface area (Å²) >= 11 is 1.76. The van der Waals surface area contributed by atoms with Gasteiger partial charge in [-0.15, -0.1) is 11.3 Å². The van der Waals surface area contributed by atoms with Crippen molar-refractivity contribution in [3.8, 4) is 0 Å². The van der Waals surface area contributed by atoms with E-state index >= 15 is 0 Å². The van der Waals surface area contributed by atoms with Gasteiger partial charge in [0.15, 0.2) is 5.13 Å². The van der Waals surface area contributed by atoms with Crippen LogP contribution in [0.4, 0.5) is 5.13 Å². The van der Waals surface area contributed by atoms with Crippen molar-refractivity contribution in [2.45, 2.75) is 32.9 Å². The van der Waals surface area contributed by atoms with Crippen LogP contribution < -0.4 is 10.2 Å². The normalized spacial score (nSPS) is 12.7. The topological polar surface area (TPSA) is 46.6 Å². The van der Waals surface area contributed by atoms with Gasteiger partial charge in [-0.25, -0.2) is 4.98 Å². The van der Waals surface area contributed by atoms with E-state index in [1.54, 1.807) is 25.6 Å². The van der Waals surface area contributed by atoms with Crippen LogP contribution in [0, 0.1) is 0 Å². The smallest absolute Gasteiger partial charge is 0.185 e. The van der Waals surface area contributed by atoms with E-state index in [2.05, 4.69) is 31.1 Å². The third-order valence-corrected chi connectivity index (χ3v) is 4.43. The molecule has 0 radical (unpaired) electrons. The monoisotopic (exact) mass is 301 g/mol. The maximum absolute atomic E-state index is 5.21. The Kier molecular flexibility index (Phi) is 8.06. The van der Waals surface area contributed by atoms with Crippen molar-refractivity contribution in [1.29, 1.82) is 0 Å². The van der Waals surface area contributed by atoms with Crippen LogP contribution in [-0.4, -0.2) is 52.1 Å². The average molecular weight is 301 g/mol. The lowest BCUT2D eigenvalue weighted by molar-refractivity contribution is 0.183. The molecule has 0 saturated heterocycles. The fourth-order valence-electron chi connectivity index (χ4n) is 1.85. The van der Waals surface area contributed by atoms with Gasteiger partial charge < -0.3 is 19.7 Å². The number of nitrogens with zero attached hydrogens (tertiary/aromatic N) is 2. The van der Waals surface area contributed by atoms with Gasteiger partial charge in [0.1, 0.15) is 0 Å². The van der Waals surface area contributed by atoms with Crippen LogP contribution in [0.25, 0.3) is 0 Å². The van der Waals surface area contributed by atoms with Crippen LogP contribution in [0.15, 0.2) is 0 Å². The first kappa shape index (κ1) is 17.4. The fourth-order valence-corrected chi connectivity index (χ4v) is 3.03. The molecule has 0 spiro atoms. The van der Waals surface area contributed by atoms with Crippen molar-refractivity contribution < 1.29 is 9.47 Å². The molecule has 20 heavy (non-hydrogen) atoms. The number of anilines is 1. The Bertz CT molecular complexity index is 384. The van der Waals surface area contributed by atoms with Gasteiger partial charge in [0.05, 0.1) is 24.9 Å². The van der Waals surface area contributed by atoms with Crippen LogP contribution >= 0.6 is 11.3 Å². The number of likely N-dealkylation sites (N-methyl/N-ethyl adjacent to an activating group) is 1. The molecule has 0 aliphatic heterocycles. The van der Waals surface area contributed by atoms with Gasteiger partial charge >= 0.3 is 0 Å². The molecule has 0 fully saturated rings. The first-order valence-corrected chi connectivity index (χ1v) is 7.85. The van der Waals surface area contributed by atoms with Crippen LogP contribution in [0.2, 0.25) is 0 Å². The molecule has 0 saturated carbocycles. The molecule has 0 aromatic carbocycles. The van der Waals surface area contributed by atoms with Crippen LogP contribution in [0.3, 0.4) is 0 Å². The van der Waals surface area contributed by atoms with E-state index < -0.39 is 0 Å². The van der Waals surface area contributed by atoms with Crippen molar-refractivity contribution in [2.75, 3.05) is 45.9 Å². The average Bonchev–Trinajstić information content (AvgIpc) is 2.86. The molecule has 1 atom stereocenters. The van der Waals surface area contributed by atoms with E-state index in [0.717, 1.165) is 31.2 Å². The summed E-state index contributed by atoms with van der Waals surface area (Å²) in [5, 5.41) is 4.45. The summed E-state index contributed by atoms with van der Waals surface area (Å²) in [5.41, 5.74) is 1.19. The molecule has 0 aliphatic carbocycles. The third kappa shape index (κ3) is 5.01. The van der Waals surface area contributed by atoms with Crippen molar-refractivity contribution in [2.24, 2.45) is 0 Å². The van der Waals surface area contributed by atoms with Crippen LogP contribution in [-0.2, 0) is 22.4 Å². The lowest BCUT2D eigenvalue weighted by atomic mass is 10.3. The number of ether oxygens (including phenoxy) is 2. The molecule has 0 bridgehead atoms. The van der Waals surface area contributed by atoms with E-state index in [9.17, 15) is 0 Å². The second-order valence-corrected chi connectivity index (χ2v) is 5.87. The summed E-state index contributed by atoms with van der Waals surface area (Å²) in [4.78, 5) is 8.25. The van der Waals surface area contributed by atoms with Gasteiger partial charge in [-0.3, -0.25) is 0 Å². The first-order chi connectivity index (χ1) is 9.63. The molecule has 1 aromatic rings. The number of thiazole rings is 1. The van der Waals surface area contributed by atoms with Gasteiger partial charge in [0, 0.05) is 39.2 Å². The quantitative estimate of drug-likeness (QED) is 0.669. The largest absolute Gasteiger partial charge is 0.383 e. The number of hydrogen-bond donors (Lipinski definition) is 1. The molecule has 1 aromatic heterocycles. The van der Waals surface area contributed by atoms with Crippen molar-refractivity contribution in [3.05, 3.63) is 10.6 Å². The third-order valence-electron chi connectivity index (χ3n) is 3.24. The minimum Gasteiger partial charge on any atom is -0.383 e. The minimum absolute atomic E-state index is 0.324. The molecule has 1 heterocycles. The van der Waals surface area contributed by atoms with Crippen LogP contribution in [0.5, 0.6) is 0 Å². The summed E-state index contributed by atoms with van der Waals surface area (Å²) in [7, 11) is 5.52. The summed E-state index contributed by atoms with van der Waals surface area (Å²) in [6, 6.07) is 0.324. The second-order valence-electron chi connectivity index (χ2n) is 4.80. The van der Waals surface area contributed by atoms with E-state index in [1.807, 2.05) is 0 Å². The summed E-state index contributed by atoms with van der Waals surface area (Å²) < 4.78 is 10.3. The van der Waals surface area contributed by atoms with Gasteiger partial charge in [0.25, 0.3) is 0 Å². The maximum Gasteiger partial charge on any atom is 0.185 e. The predicted molar refractivity (Wildman–Crippen MR) is 84.8 cm³/mol. The van der Waals surface area contributed by atoms with E-state index in [1.165, 1.54) is 10.6 Å². The molecule has 6 heteroatoms. The van der Waals surface area contributed by atoms with E-state index in [0.29, 0.717) is 12.6 Å². The highest BCUT2D eigenvalue weighted by atomic mass is 32.1. The zero-order chi connectivity index (χ0) is 15.0. The Morgan fingerprint density at radius 1 is 1.35 bits per heavy atom. The molecule has 5 nitrogen and oxygen atoms in total. The molecular formula is C14H27N3O2S. The Hall–Kier alpha value is -0.690. The lowest BCUT2D eigenvalue weighted by Gasteiger charge is -2.23. The second kappa shape index (κ2) is 9.28. The molecule has 0 aliphatic rings. The van der Waals surface area contributed by atoms with Crippen molar-refractivity contribution >= 4 is 16.5 Å². The Balaban J connectivity index is 2.67. The summed E-state index contributed by atoms with van der Waals surface area (Å²) in [6.07, 6.45) is 0.963. The van der Waals surface area contributed by atoms with Gasteiger partial charge in [-0.2, -0.15) is 0 Å². The van der Waals surface area contributed by atoms with Crippen molar-refractivity contribution in [1.82, 2.24) is 10.3 Å². The minimum atomic E-state index is 0.324. The Labute approximate surface area is 126 Å². The highest BCUT2D eigenvalue weighted by Crippen LogP contribution is 2.27. The molecule has 116 valence electrons. The number of aromatic nitrogens is 1. The standard InChI is InChI=1S/C14H27N3O2S/c1-6-12-13(9-15-7-8-18-4)20-14(16-12)17(3)11(2)10-19-5/h11,15H,6-10H2,1-5H3. The highest BCUT2D eigenvalue weighted by Gasteiger charge is 2.16. The van der Waals surface area contributed by atoms with Gasteiger partial charge in [-0.1, -0.05) is 6.92 Å². The van der Waals surface area contributed by atoms with Gasteiger partial charge in [-0.05, 0) is 13.3 Å². The molecule has 1 rings (SSSR count). The highest BCUT2D eigenvalue weighted by molar-refractivity contribution is 7.15. The molecule has 0 amide bonds. The first-order valence-electron chi connectivity index (χ1n) is 7.04.